The second-order valence-electron chi connectivity index (χ2n) is 13.0. The molecule has 0 spiro atoms. The Hall–Kier alpha value is -1.48. The molecule has 0 heterocycles. The van der Waals surface area contributed by atoms with Gasteiger partial charge in [-0.15, -0.1) is 0 Å². The van der Waals surface area contributed by atoms with Crippen LogP contribution >= 0.6 is 0 Å². The molecule has 7 nitrogen and oxygen atoms in total. The normalized spacial score (nSPS) is 14.5. The van der Waals surface area contributed by atoms with Crippen LogP contribution in [0.25, 0.3) is 0 Å². The van der Waals surface area contributed by atoms with Crippen molar-refractivity contribution in [3.63, 3.8) is 0 Å². The van der Waals surface area contributed by atoms with Crippen LogP contribution in [0, 0.1) is 0 Å². The topological polar surface area (TPSA) is 124 Å². The van der Waals surface area contributed by atoms with Gasteiger partial charge >= 0.3 is 0 Å². The highest BCUT2D eigenvalue weighted by atomic mass is 32.2. The number of allylic oxidation sites excluding steroid dienone is 5. The van der Waals surface area contributed by atoms with Gasteiger partial charge in [0.15, 0.2) is 0 Å². The minimum absolute atomic E-state index is 0.274. The Morgan fingerprint density at radius 3 is 1.43 bits per heavy atom. The van der Waals surface area contributed by atoms with E-state index in [9.17, 15) is 28.0 Å². The lowest BCUT2D eigenvalue weighted by Gasteiger charge is -2.22. The molecule has 0 radical (unpaired) electrons. The first-order chi connectivity index (χ1) is 22.2. The number of rotatable bonds is 33. The Morgan fingerprint density at radius 1 is 0.587 bits per heavy atom. The average molecular weight is 670 g/mol. The zero-order valence-corrected chi connectivity index (χ0v) is 30.4. The van der Waals surface area contributed by atoms with Crippen LogP contribution in [0.5, 0.6) is 0 Å². The van der Waals surface area contributed by atoms with Crippen LogP contribution in [0.15, 0.2) is 36.5 Å². The van der Waals surface area contributed by atoms with E-state index >= 15 is 0 Å². The first-order valence-corrected chi connectivity index (χ1v) is 20.4. The van der Waals surface area contributed by atoms with E-state index in [-0.39, 0.29) is 6.42 Å². The van der Waals surface area contributed by atoms with Crippen LogP contribution in [0.1, 0.15) is 174 Å². The van der Waals surface area contributed by atoms with Gasteiger partial charge in [0.2, 0.25) is 5.91 Å². The molecule has 0 aliphatic rings. The highest BCUT2D eigenvalue weighted by Crippen LogP contribution is 2.15. The van der Waals surface area contributed by atoms with Gasteiger partial charge in [-0.2, -0.15) is 8.42 Å². The molecule has 0 aromatic heterocycles. The molecule has 0 aliphatic carbocycles. The Bertz CT molecular complexity index is 886. The van der Waals surface area contributed by atoms with Crippen LogP contribution in [0.4, 0.5) is 0 Å². The summed E-state index contributed by atoms with van der Waals surface area (Å²) in [5.74, 6) is -1.56. The molecule has 270 valence electrons. The monoisotopic (exact) mass is 670 g/mol. The number of aliphatic hydroxyl groups excluding tert-OH is 2. The maximum Gasteiger partial charge on any atom is 0.267 e. The van der Waals surface area contributed by atoms with Crippen LogP contribution in [-0.4, -0.2) is 53.1 Å². The Balaban J connectivity index is 4.14. The van der Waals surface area contributed by atoms with Crippen LogP contribution in [-0.2, 0) is 14.9 Å². The summed E-state index contributed by atoms with van der Waals surface area (Å²) in [6, 6.07) is -1.25. The van der Waals surface area contributed by atoms with Crippen molar-refractivity contribution in [2.45, 2.75) is 193 Å². The van der Waals surface area contributed by atoms with E-state index in [1.165, 1.54) is 102 Å². The van der Waals surface area contributed by atoms with Gasteiger partial charge in [-0.3, -0.25) is 9.35 Å². The summed E-state index contributed by atoms with van der Waals surface area (Å²) in [6.45, 7) is 4.46. The van der Waals surface area contributed by atoms with Crippen molar-refractivity contribution >= 4 is 16.0 Å². The third kappa shape index (κ3) is 31.1. The molecule has 1 amide bonds. The van der Waals surface area contributed by atoms with E-state index in [2.05, 4.69) is 43.5 Å². The zero-order chi connectivity index (χ0) is 34.1. The summed E-state index contributed by atoms with van der Waals surface area (Å²) in [7, 11) is -4.45. The highest BCUT2D eigenvalue weighted by Gasteiger charge is 2.27. The van der Waals surface area contributed by atoms with Crippen molar-refractivity contribution in [3.8, 4) is 0 Å². The first-order valence-electron chi connectivity index (χ1n) is 18.8. The van der Waals surface area contributed by atoms with Gasteiger partial charge in [-0.05, 0) is 44.9 Å². The Kier molecular flexibility index (Phi) is 31.1. The lowest BCUT2D eigenvalue weighted by molar-refractivity contribution is -0.130. The van der Waals surface area contributed by atoms with Crippen molar-refractivity contribution in [1.29, 1.82) is 0 Å². The van der Waals surface area contributed by atoms with E-state index in [0.29, 0.717) is 12.8 Å². The minimum atomic E-state index is -4.45. The molecule has 0 rings (SSSR count). The summed E-state index contributed by atoms with van der Waals surface area (Å²) in [6.07, 6.45) is 37.7. The number of carbonyl (C=O) groups is 1. The van der Waals surface area contributed by atoms with Gasteiger partial charge in [-0.1, -0.05) is 166 Å². The fourth-order valence-corrected chi connectivity index (χ4v) is 6.22. The number of aliphatic hydroxyl groups is 2. The standard InChI is InChI=1S/C38H71NO6S/c1-3-5-7-9-11-13-15-17-18-19-21-23-25-27-29-31-33-37(41)38(42)39-35(34-46(43,44)45)36(40)32-30-28-26-24-22-20-16-14-12-10-8-6-4-2/h12,14,22,24,30,32,35-37,40-41H,3-11,13,15-21,23,25-29,31,33-34H2,1-2H3,(H,39,42)(H,43,44,45)/b14-12+,24-22+,32-30+. The van der Waals surface area contributed by atoms with Crippen molar-refractivity contribution in [1.82, 2.24) is 5.32 Å². The molecular formula is C38H71NO6S. The number of carbonyl (C=O) groups excluding carboxylic acids is 1. The lowest BCUT2D eigenvalue weighted by Crippen LogP contribution is -2.50. The molecule has 8 heteroatoms. The second-order valence-corrected chi connectivity index (χ2v) is 14.5. The number of nitrogens with one attached hydrogen (secondary N) is 1. The van der Waals surface area contributed by atoms with Crippen molar-refractivity contribution in [2.24, 2.45) is 0 Å². The Labute approximate surface area is 283 Å². The fraction of sp³-hybridized carbons (Fsp3) is 0.816. The van der Waals surface area contributed by atoms with Crippen LogP contribution < -0.4 is 5.32 Å². The maximum atomic E-state index is 12.5. The van der Waals surface area contributed by atoms with Gasteiger partial charge in [0.25, 0.3) is 10.1 Å². The summed E-state index contributed by atoms with van der Waals surface area (Å²) >= 11 is 0. The molecule has 0 aromatic rings. The van der Waals surface area contributed by atoms with Crippen LogP contribution in [0.2, 0.25) is 0 Å². The van der Waals surface area contributed by atoms with Gasteiger partial charge < -0.3 is 15.5 Å². The predicted octanol–water partition coefficient (Wildman–Crippen LogP) is 9.54. The number of amides is 1. The molecule has 0 aromatic carbocycles. The molecule has 0 saturated carbocycles. The molecule has 4 N–H and O–H groups in total. The van der Waals surface area contributed by atoms with E-state index in [1.807, 2.05) is 0 Å². The highest BCUT2D eigenvalue weighted by molar-refractivity contribution is 7.85. The maximum absolute atomic E-state index is 12.5. The Morgan fingerprint density at radius 2 is 0.978 bits per heavy atom. The zero-order valence-electron chi connectivity index (χ0n) is 29.6. The van der Waals surface area contributed by atoms with E-state index in [4.69, 9.17) is 0 Å². The summed E-state index contributed by atoms with van der Waals surface area (Å²) < 4.78 is 32.4. The minimum Gasteiger partial charge on any atom is -0.387 e. The van der Waals surface area contributed by atoms with Gasteiger partial charge in [0.1, 0.15) is 6.10 Å². The number of hydrogen-bond donors (Lipinski definition) is 4. The number of unbranched alkanes of at least 4 members (excludes halogenated alkanes) is 20. The number of hydrogen-bond acceptors (Lipinski definition) is 5. The first kappa shape index (κ1) is 44.5. The summed E-state index contributed by atoms with van der Waals surface area (Å²) in [5, 5.41) is 23.3. The molecule has 0 fully saturated rings. The fourth-order valence-electron chi connectivity index (χ4n) is 5.49. The van der Waals surface area contributed by atoms with Gasteiger partial charge in [-0.25, -0.2) is 0 Å². The molecule has 3 atom stereocenters. The SMILES string of the molecule is CCCCC/C=C/CC/C=C/CC/C=C/C(O)C(CS(=O)(=O)O)NC(=O)C(O)CCCCCCCCCCCCCCCCCC. The van der Waals surface area contributed by atoms with E-state index in [1.54, 1.807) is 6.08 Å². The molecule has 0 aliphatic heterocycles. The second kappa shape index (κ2) is 32.1. The quantitative estimate of drug-likeness (QED) is 0.0313. The summed E-state index contributed by atoms with van der Waals surface area (Å²) in [5.41, 5.74) is 0. The average Bonchev–Trinajstić information content (AvgIpc) is 3.01. The van der Waals surface area contributed by atoms with Crippen molar-refractivity contribution in [2.75, 3.05) is 5.75 Å². The summed E-state index contributed by atoms with van der Waals surface area (Å²) in [4.78, 5) is 12.5. The predicted molar refractivity (Wildman–Crippen MR) is 195 cm³/mol. The molecule has 0 bridgehead atoms. The van der Waals surface area contributed by atoms with Gasteiger partial charge in [0.05, 0.1) is 17.9 Å². The van der Waals surface area contributed by atoms with Crippen LogP contribution in [0.3, 0.4) is 0 Å². The van der Waals surface area contributed by atoms with Crippen molar-refractivity contribution < 1.29 is 28.0 Å². The van der Waals surface area contributed by atoms with E-state index < -0.39 is 40.0 Å². The van der Waals surface area contributed by atoms with Crippen molar-refractivity contribution in [3.05, 3.63) is 36.5 Å². The smallest absolute Gasteiger partial charge is 0.267 e. The molecular weight excluding hydrogens is 598 g/mol. The lowest BCUT2D eigenvalue weighted by atomic mass is 10.0. The molecule has 0 saturated heterocycles. The molecule has 46 heavy (non-hydrogen) atoms. The third-order valence-corrected chi connectivity index (χ3v) is 9.19. The van der Waals surface area contributed by atoms with Gasteiger partial charge in [0, 0.05) is 0 Å². The van der Waals surface area contributed by atoms with E-state index in [0.717, 1.165) is 44.9 Å². The molecule has 3 unspecified atom stereocenters. The largest absolute Gasteiger partial charge is 0.387 e. The third-order valence-electron chi connectivity index (χ3n) is 8.40.